The Bertz CT molecular complexity index is 189. The fourth-order valence-corrected chi connectivity index (χ4v) is 3.24. The fraction of sp³-hybridized carbons (Fsp3) is 1.00. The average molecular weight is 211 g/mol. The maximum atomic E-state index is 9.90. The summed E-state index contributed by atoms with van der Waals surface area (Å²) in [7, 11) is 0. The maximum absolute atomic E-state index is 9.90. The van der Waals surface area contributed by atoms with E-state index in [-0.39, 0.29) is 6.10 Å². The van der Waals surface area contributed by atoms with E-state index in [0.717, 1.165) is 18.8 Å². The normalized spacial score (nSPS) is 35.6. The SMILES string of the molecule is CC(N[C@H]1CCCC[C@@H]1O)C1CCCC1. The Kier molecular flexibility index (Phi) is 4.04. The molecule has 2 N–H and O–H groups in total. The molecule has 15 heavy (non-hydrogen) atoms. The highest BCUT2D eigenvalue weighted by Crippen LogP contribution is 2.28. The summed E-state index contributed by atoms with van der Waals surface area (Å²) in [6, 6.07) is 0.972. The Morgan fingerprint density at radius 2 is 1.60 bits per heavy atom. The largest absolute Gasteiger partial charge is 0.392 e. The zero-order chi connectivity index (χ0) is 10.7. The molecular formula is C13H25NO. The average Bonchev–Trinajstić information content (AvgIpc) is 2.74. The summed E-state index contributed by atoms with van der Waals surface area (Å²) < 4.78 is 0. The zero-order valence-electron chi connectivity index (χ0n) is 9.91. The fourth-order valence-electron chi connectivity index (χ4n) is 3.24. The number of nitrogens with one attached hydrogen (secondary N) is 1. The summed E-state index contributed by atoms with van der Waals surface area (Å²) in [5.41, 5.74) is 0. The smallest absolute Gasteiger partial charge is 0.0693 e. The third-order valence-corrected chi connectivity index (χ3v) is 4.31. The van der Waals surface area contributed by atoms with Crippen LogP contribution in [0, 0.1) is 5.92 Å². The molecule has 2 aliphatic rings. The van der Waals surface area contributed by atoms with Crippen molar-refractivity contribution >= 4 is 0 Å². The van der Waals surface area contributed by atoms with Crippen molar-refractivity contribution in [3.63, 3.8) is 0 Å². The van der Waals surface area contributed by atoms with E-state index in [2.05, 4.69) is 12.2 Å². The van der Waals surface area contributed by atoms with Crippen molar-refractivity contribution in [3.05, 3.63) is 0 Å². The summed E-state index contributed by atoms with van der Waals surface area (Å²) >= 11 is 0. The molecule has 2 fully saturated rings. The van der Waals surface area contributed by atoms with E-state index < -0.39 is 0 Å². The summed E-state index contributed by atoms with van der Waals surface area (Å²) in [5, 5.41) is 13.6. The van der Waals surface area contributed by atoms with Crippen LogP contribution in [0.15, 0.2) is 0 Å². The first-order valence-corrected chi connectivity index (χ1v) is 6.71. The lowest BCUT2D eigenvalue weighted by Crippen LogP contribution is -2.48. The van der Waals surface area contributed by atoms with Gasteiger partial charge in [-0.1, -0.05) is 25.7 Å². The minimum Gasteiger partial charge on any atom is -0.392 e. The highest BCUT2D eigenvalue weighted by atomic mass is 16.3. The van der Waals surface area contributed by atoms with E-state index in [1.54, 1.807) is 0 Å². The quantitative estimate of drug-likeness (QED) is 0.751. The topological polar surface area (TPSA) is 32.3 Å². The standard InChI is InChI=1S/C13H25NO/c1-10(11-6-2-3-7-11)14-12-8-4-5-9-13(12)15/h10-15H,2-9H2,1H3/t10?,12-,13-/m0/s1. The van der Waals surface area contributed by atoms with Gasteiger partial charge in [-0.2, -0.15) is 0 Å². The lowest BCUT2D eigenvalue weighted by Gasteiger charge is -2.33. The number of hydrogen-bond donors (Lipinski definition) is 2. The summed E-state index contributed by atoms with van der Waals surface area (Å²) in [6.07, 6.45) is 10.1. The van der Waals surface area contributed by atoms with Crippen molar-refractivity contribution < 1.29 is 5.11 Å². The van der Waals surface area contributed by atoms with Crippen LogP contribution in [0.5, 0.6) is 0 Å². The van der Waals surface area contributed by atoms with Gasteiger partial charge >= 0.3 is 0 Å². The molecule has 2 rings (SSSR count). The van der Waals surface area contributed by atoms with Gasteiger partial charge in [-0.15, -0.1) is 0 Å². The van der Waals surface area contributed by atoms with Crippen LogP contribution in [0.2, 0.25) is 0 Å². The number of hydrogen-bond acceptors (Lipinski definition) is 2. The lowest BCUT2D eigenvalue weighted by atomic mass is 9.90. The van der Waals surface area contributed by atoms with Crippen LogP contribution in [0.1, 0.15) is 58.3 Å². The highest BCUT2D eigenvalue weighted by molar-refractivity contribution is 4.86. The monoisotopic (exact) mass is 211 g/mol. The van der Waals surface area contributed by atoms with Crippen molar-refractivity contribution in [1.29, 1.82) is 0 Å². The second-order valence-electron chi connectivity index (χ2n) is 5.46. The van der Waals surface area contributed by atoms with Gasteiger partial charge in [0.1, 0.15) is 0 Å². The number of rotatable bonds is 3. The van der Waals surface area contributed by atoms with Gasteiger partial charge in [0.05, 0.1) is 6.10 Å². The molecule has 0 bridgehead atoms. The highest BCUT2D eigenvalue weighted by Gasteiger charge is 2.28. The van der Waals surface area contributed by atoms with Gasteiger partial charge in [0.15, 0.2) is 0 Å². The molecular weight excluding hydrogens is 186 g/mol. The molecule has 2 heteroatoms. The van der Waals surface area contributed by atoms with Crippen LogP contribution in [0.25, 0.3) is 0 Å². The Balaban J connectivity index is 1.78. The molecule has 0 amide bonds. The van der Waals surface area contributed by atoms with Crippen LogP contribution >= 0.6 is 0 Å². The summed E-state index contributed by atoms with van der Waals surface area (Å²) in [4.78, 5) is 0. The Labute approximate surface area is 93.5 Å². The molecule has 3 atom stereocenters. The van der Waals surface area contributed by atoms with Crippen molar-refractivity contribution in [2.24, 2.45) is 5.92 Å². The van der Waals surface area contributed by atoms with Gasteiger partial charge in [-0.25, -0.2) is 0 Å². The molecule has 0 heterocycles. The molecule has 2 nitrogen and oxygen atoms in total. The van der Waals surface area contributed by atoms with E-state index in [9.17, 15) is 5.11 Å². The Morgan fingerprint density at radius 1 is 1.00 bits per heavy atom. The van der Waals surface area contributed by atoms with Crippen LogP contribution in [-0.4, -0.2) is 23.3 Å². The molecule has 0 radical (unpaired) electrons. The van der Waals surface area contributed by atoms with Gasteiger partial charge in [-0.3, -0.25) is 0 Å². The molecule has 1 unspecified atom stereocenters. The molecule has 2 saturated carbocycles. The molecule has 0 saturated heterocycles. The minimum absolute atomic E-state index is 0.0948. The van der Waals surface area contributed by atoms with Crippen LogP contribution in [-0.2, 0) is 0 Å². The Morgan fingerprint density at radius 3 is 2.27 bits per heavy atom. The third-order valence-electron chi connectivity index (χ3n) is 4.31. The number of aliphatic hydroxyl groups excluding tert-OH is 1. The van der Waals surface area contributed by atoms with Crippen molar-refractivity contribution in [1.82, 2.24) is 5.32 Å². The van der Waals surface area contributed by atoms with E-state index in [4.69, 9.17) is 0 Å². The van der Waals surface area contributed by atoms with Crippen molar-refractivity contribution in [3.8, 4) is 0 Å². The first-order chi connectivity index (χ1) is 7.27. The summed E-state index contributed by atoms with van der Waals surface area (Å²) in [6.45, 7) is 2.30. The summed E-state index contributed by atoms with van der Waals surface area (Å²) in [5.74, 6) is 0.860. The first-order valence-electron chi connectivity index (χ1n) is 6.71. The first kappa shape index (κ1) is 11.4. The van der Waals surface area contributed by atoms with Crippen molar-refractivity contribution in [2.75, 3.05) is 0 Å². The maximum Gasteiger partial charge on any atom is 0.0693 e. The predicted octanol–water partition coefficient (Wildman–Crippen LogP) is 2.46. The molecule has 0 aliphatic heterocycles. The van der Waals surface area contributed by atoms with Crippen molar-refractivity contribution in [2.45, 2.75) is 76.5 Å². The van der Waals surface area contributed by atoms with Gasteiger partial charge in [0.25, 0.3) is 0 Å². The molecule has 0 aromatic heterocycles. The van der Waals surface area contributed by atoms with Crippen LogP contribution < -0.4 is 5.32 Å². The lowest BCUT2D eigenvalue weighted by molar-refractivity contribution is 0.0814. The van der Waals surface area contributed by atoms with Gasteiger partial charge < -0.3 is 10.4 Å². The number of aliphatic hydroxyl groups is 1. The molecule has 88 valence electrons. The Hall–Kier alpha value is -0.0800. The second kappa shape index (κ2) is 5.31. The van der Waals surface area contributed by atoms with E-state index >= 15 is 0 Å². The van der Waals surface area contributed by atoms with E-state index in [1.807, 2.05) is 0 Å². The molecule has 0 aromatic carbocycles. The molecule has 2 aliphatic carbocycles. The minimum atomic E-state index is -0.0948. The molecule has 0 spiro atoms. The van der Waals surface area contributed by atoms with E-state index in [1.165, 1.54) is 38.5 Å². The van der Waals surface area contributed by atoms with Crippen LogP contribution in [0.4, 0.5) is 0 Å². The predicted molar refractivity (Wildman–Crippen MR) is 62.8 cm³/mol. The van der Waals surface area contributed by atoms with Gasteiger partial charge in [-0.05, 0) is 38.5 Å². The third kappa shape index (κ3) is 2.94. The van der Waals surface area contributed by atoms with Gasteiger partial charge in [0.2, 0.25) is 0 Å². The zero-order valence-corrected chi connectivity index (χ0v) is 9.91. The van der Waals surface area contributed by atoms with Crippen LogP contribution in [0.3, 0.4) is 0 Å². The van der Waals surface area contributed by atoms with E-state index in [0.29, 0.717) is 12.1 Å². The van der Waals surface area contributed by atoms with Gasteiger partial charge in [0, 0.05) is 12.1 Å². The second-order valence-corrected chi connectivity index (χ2v) is 5.46. The molecule has 0 aromatic rings.